The largest absolute Gasteiger partial charge is 0.389 e. The summed E-state index contributed by atoms with van der Waals surface area (Å²) in [7, 11) is 0. The van der Waals surface area contributed by atoms with Gasteiger partial charge in [-0.2, -0.15) is 0 Å². The molecule has 3 nitrogen and oxygen atoms in total. The highest BCUT2D eigenvalue weighted by Gasteiger charge is 2.21. The van der Waals surface area contributed by atoms with Crippen molar-refractivity contribution < 1.29 is 9.90 Å². The first-order valence-corrected chi connectivity index (χ1v) is 6.93. The molecule has 0 aliphatic rings. The fourth-order valence-electron chi connectivity index (χ4n) is 2.09. The van der Waals surface area contributed by atoms with Crippen LogP contribution in [-0.4, -0.2) is 34.6 Å². The number of nitrogens with zero attached hydrogens (tertiary/aromatic N) is 1. The number of aliphatic hydroxyl groups is 1. The SMILES string of the molecule is CCc1cccc(CC(=O)N(CC)CC(C)(C)O)c1. The number of aryl methyl sites for hydroxylation is 1. The number of hydrogen-bond donors (Lipinski definition) is 1. The van der Waals surface area contributed by atoms with Crippen LogP contribution in [0.4, 0.5) is 0 Å². The van der Waals surface area contributed by atoms with Crippen molar-refractivity contribution in [1.82, 2.24) is 4.90 Å². The monoisotopic (exact) mass is 263 g/mol. The van der Waals surface area contributed by atoms with E-state index in [1.807, 2.05) is 19.1 Å². The molecular formula is C16H25NO2. The molecular weight excluding hydrogens is 238 g/mol. The zero-order valence-corrected chi connectivity index (χ0v) is 12.4. The molecule has 0 atom stereocenters. The first-order valence-electron chi connectivity index (χ1n) is 6.93. The first kappa shape index (κ1) is 15.7. The maximum absolute atomic E-state index is 12.2. The van der Waals surface area contributed by atoms with Crippen LogP contribution < -0.4 is 0 Å². The molecule has 106 valence electrons. The van der Waals surface area contributed by atoms with E-state index in [-0.39, 0.29) is 5.91 Å². The quantitative estimate of drug-likeness (QED) is 0.856. The number of hydrogen-bond acceptors (Lipinski definition) is 2. The van der Waals surface area contributed by atoms with Gasteiger partial charge in [-0.15, -0.1) is 0 Å². The first-order chi connectivity index (χ1) is 8.85. The van der Waals surface area contributed by atoms with Crippen LogP contribution in [0.3, 0.4) is 0 Å². The van der Waals surface area contributed by atoms with Crippen molar-refractivity contribution in [3.63, 3.8) is 0 Å². The van der Waals surface area contributed by atoms with Crippen molar-refractivity contribution in [3.05, 3.63) is 35.4 Å². The van der Waals surface area contributed by atoms with Crippen LogP contribution in [0.2, 0.25) is 0 Å². The van der Waals surface area contributed by atoms with Crippen molar-refractivity contribution in [2.75, 3.05) is 13.1 Å². The molecule has 0 fully saturated rings. The van der Waals surface area contributed by atoms with Gasteiger partial charge in [-0.3, -0.25) is 4.79 Å². The number of likely N-dealkylation sites (N-methyl/N-ethyl adjacent to an activating group) is 1. The van der Waals surface area contributed by atoms with Crippen LogP contribution in [0.15, 0.2) is 24.3 Å². The van der Waals surface area contributed by atoms with Gasteiger partial charge in [0.1, 0.15) is 0 Å². The van der Waals surface area contributed by atoms with Gasteiger partial charge >= 0.3 is 0 Å². The minimum Gasteiger partial charge on any atom is -0.389 e. The molecule has 0 heterocycles. The second-order valence-electron chi connectivity index (χ2n) is 5.57. The summed E-state index contributed by atoms with van der Waals surface area (Å²) >= 11 is 0. The van der Waals surface area contributed by atoms with E-state index in [9.17, 15) is 9.90 Å². The highest BCUT2D eigenvalue weighted by molar-refractivity contribution is 5.78. The van der Waals surface area contributed by atoms with Gasteiger partial charge in [0.25, 0.3) is 0 Å². The second kappa shape index (κ2) is 6.71. The van der Waals surface area contributed by atoms with E-state index < -0.39 is 5.60 Å². The number of amides is 1. The summed E-state index contributed by atoms with van der Waals surface area (Å²) in [5, 5.41) is 9.82. The smallest absolute Gasteiger partial charge is 0.227 e. The summed E-state index contributed by atoms with van der Waals surface area (Å²) in [4.78, 5) is 13.9. The van der Waals surface area contributed by atoms with Gasteiger partial charge < -0.3 is 10.0 Å². The Balaban J connectivity index is 2.71. The Hall–Kier alpha value is -1.35. The van der Waals surface area contributed by atoms with E-state index in [4.69, 9.17) is 0 Å². The van der Waals surface area contributed by atoms with E-state index in [2.05, 4.69) is 19.1 Å². The lowest BCUT2D eigenvalue weighted by atomic mass is 10.0. The molecule has 1 N–H and O–H groups in total. The molecule has 3 heteroatoms. The average Bonchev–Trinajstić information content (AvgIpc) is 2.35. The van der Waals surface area contributed by atoms with Crippen LogP contribution in [0.5, 0.6) is 0 Å². The fraction of sp³-hybridized carbons (Fsp3) is 0.562. The summed E-state index contributed by atoms with van der Waals surface area (Å²) in [5.74, 6) is 0.0675. The minimum atomic E-state index is -0.850. The lowest BCUT2D eigenvalue weighted by Gasteiger charge is -2.28. The Morgan fingerprint density at radius 3 is 2.42 bits per heavy atom. The molecule has 0 unspecified atom stereocenters. The standard InChI is InChI=1S/C16H25NO2/c1-5-13-8-7-9-14(10-13)11-15(18)17(6-2)12-16(3,4)19/h7-10,19H,5-6,11-12H2,1-4H3. The van der Waals surface area contributed by atoms with Gasteiger partial charge in [0, 0.05) is 13.1 Å². The number of rotatable bonds is 6. The van der Waals surface area contributed by atoms with E-state index in [0.29, 0.717) is 19.5 Å². The molecule has 1 amide bonds. The maximum Gasteiger partial charge on any atom is 0.227 e. The van der Waals surface area contributed by atoms with E-state index in [1.165, 1.54) is 5.56 Å². The molecule has 0 aliphatic heterocycles. The van der Waals surface area contributed by atoms with Crippen molar-refractivity contribution >= 4 is 5.91 Å². The Morgan fingerprint density at radius 1 is 1.26 bits per heavy atom. The fourth-order valence-corrected chi connectivity index (χ4v) is 2.09. The van der Waals surface area contributed by atoms with E-state index in [1.54, 1.807) is 18.7 Å². The van der Waals surface area contributed by atoms with Crippen molar-refractivity contribution in [1.29, 1.82) is 0 Å². The van der Waals surface area contributed by atoms with Crippen LogP contribution in [0.1, 0.15) is 38.8 Å². The summed E-state index contributed by atoms with van der Waals surface area (Å²) in [6, 6.07) is 8.13. The third-order valence-corrected chi connectivity index (χ3v) is 3.07. The van der Waals surface area contributed by atoms with Crippen molar-refractivity contribution in [2.45, 2.75) is 46.1 Å². The summed E-state index contributed by atoms with van der Waals surface area (Å²) < 4.78 is 0. The molecule has 0 radical (unpaired) electrons. The lowest BCUT2D eigenvalue weighted by Crippen LogP contribution is -2.42. The zero-order valence-electron chi connectivity index (χ0n) is 12.4. The minimum absolute atomic E-state index is 0.0675. The number of carbonyl (C=O) groups is 1. The summed E-state index contributed by atoms with van der Waals surface area (Å²) in [5.41, 5.74) is 1.44. The topological polar surface area (TPSA) is 40.5 Å². The molecule has 0 bridgehead atoms. The Morgan fingerprint density at radius 2 is 1.89 bits per heavy atom. The highest BCUT2D eigenvalue weighted by Crippen LogP contribution is 2.10. The normalized spacial score (nSPS) is 11.4. The van der Waals surface area contributed by atoms with Gasteiger partial charge in [0.15, 0.2) is 0 Å². The van der Waals surface area contributed by atoms with Crippen molar-refractivity contribution in [3.8, 4) is 0 Å². The van der Waals surface area contributed by atoms with Gasteiger partial charge in [-0.1, -0.05) is 31.2 Å². The average molecular weight is 263 g/mol. The number of carbonyl (C=O) groups excluding carboxylic acids is 1. The van der Waals surface area contributed by atoms with Gasteiger partial charge in [0.05, 0.1) is 12.0 Å². The van der Waals surface area contributed by atoms with Crippen LogP contribution >= 0.6 is 0 Å². The number of benzene rings is 1. The third kappa shape index (κ3) is 5.43. The molecule has 0 saturated heterocycles. The molecule has 0 aromatic heterocycles. The Kier molecular flexibility index (Phi) is 5.55. The molecule has 1 aromatic carbocycles. The van der Waals surface area contributed by atoms with Gasteiger partial charge in [-0.05, 0) is 38.3 Å². The summed E-state index contributed by atoms with van der Waals surface area (Å²) in [6.45, 7) is 8.48. The predicted molar refractivity (Wildman–Crippen MR) is 78.1 cm³/mol. The van der Waals surface area contributed by atoms with Crippen LogP contribution in [0, 0.1) is 0 Å². The lowest BCUT2D eigenvalue weighted by molar-refractivity contribution is -0.133. The Labute approximate surface area is 116 Å². The highest BCUT2D eigenvalue weighted by atomic mass is 16.3. The third-order valence-electron chi connectivity index (χ3n) is 3.07. The van der Waals surface area contributed by atoms with Gasteiger partial charge in [-0.25, -0.2) is 0 Å². The zero-order chi connectivity index (χ0) is 14.5. The molecule has 1 rings (SSSR count). The van der Waals surface area contributed by atoms with Crippen molar-refractivity contribution in [2.24, 2.45) is 0 Å². The Bertz CT molecular complexity index is 421. The van der Waals surface area contributed by atoms with Crippen LogP contribution in [-0.2, 0) is 17.6 Å². The van der Waals surface area contributed by atoms with E-state index in [0.717, 1.165) is 12.0 Å². The maximum atomic E-state index is 12.2. The summed E-state index contributed by atoms with van der Waals surface area (Å²) in [6.07, 6.45) is 1.38. The second-order valence-corrected chi connectivity index (χ2v) is 5.57. The predicted octanol–water partition coefficient (Wildman–Crippen LogP) is 2.41. The molecule has 0 aliphatic carbocycles. The molecule has 0 saturated carbocycles. The van der Waals surface area contributed by atoms with E-state index >= 15 is 0 Å². The molecule has 1 aromatic rings. The molecule has 0 spiro atoms. The molecule has 19 heavy (non-hydrogen) atoms. The van der Waals surface area contributed by atoms with Gasteiger partial charge in [0.2, 0.25) is 5.91 Å². The van der Waals surface area contributed by atoms with Crippen LogP contribution in [0.25, 0.3) is 0 Å².